The van der Waals surface area contributed by atoms with Gasteiger partial charge >= 0.3 is 0 Å². The van der Waals surface area contributed by atoms with E-state index in [-0.39, 0.29) is 0 Å². The topological polar surface area (TPSA) is 71.5 Å². The van der Waals surface area contributed by atoms with E-state index in [0.29, 0.717) is 10.1 Å². The second kappa shape index (κ2) is 4.02. The lowest BCUT2D eigenvalue weighted by Crippen LogP contribution is -2.42. The van der Waals surface area contributed by atoms with Crippen molar-refractivity contribution in [2.75, 3.05) is 0 Å². The van der Waals surface area contributed by atoms with E-state index in [1.165, 1.54) is 0 Å². The lowest BCUT2D eigenvalue weighted by molar-refractivity contribution is 0.447. The van der Waals surface area contributed by atoms with Crippen LogP contribution in [0.25, 0.3) is 0 Å². The molecule has 0 aliphatic carbocycles. The average molecular weight is 225 g/mol. The highest BCUT2D eigenvalue weighted by molar-refractivity contribution is 8.23. The second-order valence-corrected chi connectivity index (χ2v) is 6.96. The lowest BCUT2D eigenvalue weighted by atomic mass is 10.3. The van der Waals surface area contributed by atoms with E-state index in [0.717, 1.165) is 14.2 Å². The Balaban J connectivity index is 5.27. The molecule has 0 aliphatic rings. The van der Waals surface area contributed by atoms with Gasteiger partial charge in [0.2, 0.25) is 0 Å². The monoisotopic (exact) mass is 225 g/mol. The normalized spacial score (nSPS) is 15.9. The third-order valence-corrected chi connectivity index (χ3v) is 5.26. The Morgan fingerprint density at radius 1 is 1.15 bits per heavy atom. The summed E-state index contributed by atoms with van der Waals surface area (Å²) in [6, 6.07) is -0.523. The van der Waals surface area contributed by atoms with Gasteiger partial charge in [0.25, 0.3) is 14.2 Å². The highest BCUT2D eigenvalue weighted by atomic mass is 32.3. The summed E-state index contributed by atoms with van der Waals surface area (Å²) >= 11 is 0. The van der Waals surface area contributed by atoms with Gasteiger partial charge in [0.15, 0.2) is 19.7 Å². The fourth-order valence-corrected chi connectivity index (χ4v) is 4.62. The van der Waals surface area contributed by atoms with Gasteiger partial charge in [-0.15, -0.1) is 3.71 Å². The van der Waals surface area contributed by atoms with Crippen molar-refractivity contribution in [2.24, 2.45) is 0 Å². The number of nitrogens with zero attached hydrogens (tertiary/aromatic N) is 1. The van der Waals surface area contributed by atoms with Crippen molar-refractivity contribution >= 4 is 34.0 Å². The third-order valence-electron chi connectivity index (χ3n) is 1.60. The first-order chi connectivity index (χ1) is 5.60. The van der Waals surface area contributed by atoms with Crippen molar-refractivity contribution < 1.29 is 16.8 Å². The van der Waals surface area contributed by atoms with Gasteiger partial charge in [0, 0.05) is 6.04 Å². The zero-order chi connectivity index (χ0) is 10.9. The molecule has 0 N–H and O–H groups in total. The zero-order valence-electron chi connectivity index (χ0n) is 8.18. The Kier molecular flexibility index (Phi) is 4.01. The number of rotatable bonds is 4. The highest BCUT2D eigenvalue weighted by Gasteiger charge is 2.30. The third kappa shape index (κ3) is 3.70. The standard InChI is InChI=1S/C4H13B2NO4S2/c1-3-4(2)7(12(5,8)9)13(6,10)11/h4H,3,5-6H2,1-2H3. The molecule has 0 aromatic rings. The molecular weight excluding hydrogens is 212 g/mol. The molecule has 0 saturated carbocycles. The van der Waals surface area contributed by atoms with Crippen molar-refractivity contribution in [3.8, 4) is 0 Å². The molecule has 0 rings (SSSR count). The van der Waals surface area contributed by atoms with Crippen LogP contribution in [0.2, 0.25) is 0 Å². The van der Waals surface area contributed by atoms with Crippen molar-refractivity contribution in [2.45, 2.75) is 26.3 Å². The Labute approximate surface area is 81.2 Å². The number of hydrogen-bond acceptors (Lipinski definition) is 4. The highest BCUT2D eigenvalue weighted by Crippen LogP contribution is 2.12. The fourth-order valence-electron chi connectivity index (χ4n) is 1.05. The molecule has 5 nitrogen and oxygen atoms in total. The van der Waals surface area contributed by atoms with Crippen molar-refractivity contribution in [1.29, 1.82) is 0 Å². The maximum absolute atomic E-state index is 11.1. The summed E-state index contributed by atoms with van der Waals surface area (Å²) in [5, 5.41) is 0. The molecule has 1 unspecified atom stereocenters. The maximum atomic E-state index is 11.1. The van der Waals surface area contributed by atoms with Crippen molar-refractivity contribution in [1.82, 2.24) is 3.71 Å². The lowest BCUT2D eigenvalue weighted by Gasteiger charge is -2.24. The van der Waals surface area contributed by atoms with Gasteiger partial charge in [0.1, 0.15) is 0 Å². The van der Waals surface area contributed by atoms with E-state index in [4.69, 9.17) is 0 Å². The van der Waals surface area contributed by atoms with Crippen LogP contribution in [-0.2, 0) is 19.7 Å². The average Bonchev–Trinajstić information content (AvgIpc) is 1.80. The van der Waals surface area contributed by atoms with Gasteiger partial charge in [-0.2, -0.15) is 0 Å². The van der Waals surface area contributed by atoms with Gasteiger partial charge in [-0.25, -0.2) is 16.8 Å². The smallest absolute Gasteiger partial charge is 0.225 e. The zero-order valence-corrected chi connectivity index (χ0v) is 9.81. The van der Waals surface area contributed by atoms with E-state index in [9.17, 15) is 16.8 Å². The van der Waals surface area contributed by atoms with Crippen LogP contribution in [0.4, 0.5) is 0 Å². The minimum Gasteiger partial charge on any atom is -0.225 e. The molecule has 0 amide bonds. The van der Waals surface area contributed by atoms with Gasteiger partial charge in [-0.3, -0.25) is 0 Å². The van der Waals surface area contributed by atoms with E-state index in [2.05, 4.69) is 0 Å². The molecule has 0 saturated heterocycles. The van der Waals surface area contributed by atoms with Crippen LogP contribution >= 0.6 is 0 Å². The molecular formula is C4H13B2NO4S2. The largest absolute Gasteiger partial charge is 0.277 e. The fraction of sp³-hybridized carbons (Fsp3) is 1.00. The molecule has 0 aromatic heterocycles. The van der Waals surface area contributed by atoms with Crippen LogP contribution in [0.15, 0.2) is 0 Å². The number of hydrogen-bond donors (Lipinski definition) is 0. The Hall–Kier alpha value is -0.0101. The summed E-state index contributed by atoms with van der Waals surface area (Å²) in [4.78, 5) is 0. The maximum Gasteiger partial charge on any atom is 0.277 e. The van der Waals surface area contributed by atoms with E-state index < -0.39 is 25.8 Å². The summed E-state index contributed by atoms with van der Waals surface area (Å²) in [6.07, 6.45) is 0.458. The summed E-state index contributed by atoms with van der Waals surface area (Å²) < 4.78 is 45.0. The molecule has 0 aromatic carbocycles. The molecule has 76 valence electrons. The molecule has 13 heavy (non-hydrogen) atoms. The summed E-state index contributed by atoms with van der Waals surface area (Å²) in [7, 11) is -5.60. The van der Waals surface area contributed by atoms with Crippen LogP contribution in [0.5, 0.6) is 0 Å². The summed E-state index contributed by atoms with van der Waals surface area (Å²) in [6.45, 7) is 3.29. The minimum absolute atomic E-state index is 0.458. The Morgan fingerprint density at radius 3 is 1.54 bits per heavy atom. The van der Waals surface area contributed by atoms with E-state index in [1.54, 1.807) is 13.8 Å². The molecule has 0 spiro atoms. The van der Waals surface area contributed by atoms with E-state index in [1.807, 2.05) is 0 Å². The van der Waals surface area contributed by atoms with Gasteiger partial charge in [-0.05, 0) is 13.3 Å². The first kappa shape index (κ1) is 13.0. The molecule has 9 heteroatoms. The van der Waals surface area contributed by atoms with Crippen LogP contribution in [0, 0.1) is 0 Å². The quantitative estimate of drug-likeness (QED) is 0.511. The van der Waals surface area contributed by atoms with E-state index >= 15 is 0 Å². The van der Waals surface area contributed by atoms with Crippen molar-refractivity contribution in [3.05, 3.63) is 0 Å². The van der Waals surface area contributed by atoms with Gasteiger partial charge < -0.3 is 0 Å². The summed E-state index contributed by atoms with van der Waals surface area (Å²) in [5.41, 5.74) is 0. The van der Waals surface area contributed by atoms with Crippen molar-refractivity contribution in [3.63, 3.8) is 0 Å². The molecule has 0 bridgehead atoms. The molecule has 0 heterocycles. The molecule has 0 fully saturated rings. The Morgan fingerprint density at radius 2 is 1.46 bits per heavy atom. The SMILES string of the molecule is BS(=O)(=O)N(C(C)CC)S(B)(=O)=O. The molecule has 0 aliphatic heterocycles. The van der Waals surface area contributed by atoms with Crippen LogP contribution in [0.3, 0.4) is 0 Å². The first-order valence-electron chi connectivity index (χ1n) is 3.80. The van der Waals surface area contributed by atoms with Crippen LogP contribution < -0.4 is 0 Å². The first-order valence-corrected chi connectivity index (χ1v) is 7.50. The minimum atomic E-state index is -3.69. The van der Waals surface area contributed by atoms with Crippen LogP contribution in [0.1, 0.15) is 20.3 Å². The summed E-state index contributed by atoms with van der Waals surface area (Å²) in [5.74, 6) is 0. The van der Waals surface area contributed by atoms with Crippen LogP contribution in [-0.4, -0.2) is 40.8 Å². The van der Waals surface area contributed by atoms with Gasteiger partial charge in [-0.1, -0.05) is 6.92 Å². The van der Waals surface area contributed by atoms with Gasteiger partial charge in [0.05, 0.1) is 0 Å². The second-order valence-electron chi connectivity index (χ2n) is 3.01. The Bertz CT molecular complexity index is 330. The molecule has 1 atom stereocenters. The molecule has 0 radical (unpaired) electrons. The predicted molar refractivity (Wildman–Crippen MR) is 56.5 cm³/mol. The predicted octanol–water partition coefficient (Wildman–Crippen LogP) is -2.16.